The van der Waals surface area contributed by atoms with E-state index in [-0.39, 0.29) is 13.2 Å². The summed E-state index contributed by atoms with van der Waals surface area (Å²) in [5, 5.41) is 3.12. The predicted molar refractivity (Wildman–Crippen MR) is 114 cm³/mol. The first-order valence-electron chi connectivity index (χ1n) is 9.05. The second-order valence-electron chi connectivity index (χ2n) is 6.28. The number of anilines is 1. The molecule has 0 aliphatic rings. The molecule has 158 valence electrons. The SMILES string of the molecule is CC[C@H](C(=O)NCCOc1cccc(OC)c1)N(c1cccc(Cl)c1)S(C)(=O)=O. The summed E-state index contributed by atoms with van der Waals surface area (Å²) in [7, 11) is -2.14. The quantitative estimate of drug-likeness (QED) is 0.574. The Morgan fingerprint density at radius 1 is 1.17 bits per heavy atom. The van der Waals surface area contributed by atoms with Crippen LogP contribution in [0.4, 0.5) is 5.69 Å². The zero-order valence-electron chi connectivity index (χ0n) is 16.6. The molecule has 1 amide bonds. The molecule has 0 aliphatic carbocycles. The fraction of sp³-hybridized carbons (Fsp3) is 0.350. The first kappa shape index (κ1) is 22.8. The molecule has 1 N–H and O–H groups in total. The summed E-state index contributed by atoms with van der Waals surface area (Å²) in [5.74, 6) is 0.873. The van der Waals surface area contributed by atoms with E-state index < -0.39 is 22.0 Å². The number of ether oxygens (including phenoxy) is 2. The molecule has 0 saturated heterocycles. The van der Waals surface area contributed by atoms with Crippen molar-refractivity contribution in [2.75, 3.05) is 30.8 Å². The van der Waals surface area contributed by atoms with Crippen LogP contribution in [-0.4, -0.2) is 46.9 Å². The summed E-state index contributed by atoms with van der Waals surface area (Å²) in [6.45, 7) is 2.20. The number of nitrogens with one attached hydrogen (secondary N) is 1. The summed E-state index contributed by atoms with van der Waals surface area (Å²) in [6.07, 6.45) is 1.36. The third-order valence-corrected chi connectivity index (χ3v) is 5.52. The van der Waals surface area contributed by atoms with E-state index in [0.29, 0.717) is 28.6 Å². The highest BCUT2D eigenvalue weighted by molar-refractivity contribution is 7.92. The van der Waals surface area contributed by atoms with Crippen molar-refractivity contribution in [3.05, 3.63) is 53.6 Å². The first-order valence-corrected chi connectivity index (χ1v) is 11.3. The summed E-state index contributed by atoms with van der Waals surface area (Å²) in [6, 6.07) is 12.6. The third kappa shape index (κ3) is 6.54. The van der Waals surface area contributed by atoms with Gasteiger partial charge in [0.2, 0.25) is 15.9 Å². The highest BCUT2D eigenvalue weighted by atomic mass is 35.5. The minimum Gasteiger partial charge on any atom is -0.497 e. The minimum absolute atomic E-state index is 0.222. The Morgan fingerprint density at radius 2 is 1.86 bits per heavy atom. The predicted octanol–water partition coefficient (Wildman–Crippen LogP) is 3.09. The molecule has 2 aromatic carbocycles. The van der Waals surface area contributed by atoms with Gasteiger partial charge in [-0.2, -0.15) is 0 Å². The fourth-order valence-electron chi connectivity index (χ4n) is 2.83. The van der Waals surface area contributed by atoms with Gasteiger partial charge in [-0.15, -0.1) is 0 Å². The van der Waals surface area contributed by atoms with Gasteiger partial charge in [-0.1, -0.05) is 30.7 Å². The van der Waals surface area contributed by atoms with Crippen molar-refractivity contribution in [1.82, 2.24) is 5.32 Å². The first-order chi connectivity index (χ1) is 13.8. The number of sulfonamides is 1. The standard InChI is InChI=1S/C20H25ClN2O5S/c1-4-19(23(29(3,25)26)16-8-5-7-15(21)13-16)20(24)22-11-12-28-18-10-6-9-17(14-18)27-2/h5-10,13-14,19H,4,11-12H2,1-3H3,(H,22,24)/t19-/m1/s1. The van der Waals surface area contributed by atoms with Gasteiger partial charge >= 0.3 is 0 Å². The normalized spacial score (nSPS) is 12.1. The Hall–Kier alpha value is -2.45. The molecule has 0 saturated carbocycles. The van der Waals surface area contributed by atoms with Crippen LogP contribution >= 0.6 is 11.6 Å². The highest BCUT2D eigenvalue weighted by Crippen LogP contribution is 2.25. The summed E-state index contributed by atoms with van der Waals surface area (Å²) in [5.41, 5.74) is 0.342. The van der Waals surface area contributed by atoms with Crippen molar-refractivity contribution in [1.29, 1.82) is 0 Å². The second-order valence-corrected chi connectivity index (χ2v) is 8.58. The molecule has 0 spiro atoms. The molecule has 0 aromatic heterocycles. The summed E-state index contributed by atoms with van der Waals surface area (Å²) < 4.78 is 36.6. The lowest BCUT2D eigenvalue weighted by Gasteiger charge is -2.30. The lowest BCUT2D eigenvalue weighted by atomic mass is 10.2. The number of carbonyl (C=O) groups excluding carboxylic acids is 1. The van der Waals surface area contributed by atoms with E-state index in [2.05, 4.69) is 5.32 Å². The third-order valence-electron chi connectivity index (χ3n) is 4.10. The Bertz CT molecular complexity index is 936. The molecule has 0 bridgehead atoms. The van der Waals surface area contributed by atoms with E-state index in [0.717, 1.165) is 10.6 Å². The van der Waals surface area contributed by atoms with Crippen LogP contribution in [-0.2, 0) is 14.8 Å². The molecule has 2 aromatic rings. The molecule has 0 fully saturated rings. The zero-order chi connectivity index (χ0) is 21.4. The Labute approximate surface area is 176 Å². The Morgan fingerprint density at radius 3 is 2.48 bits per heavy atom. The molecule has 2 rings (SSSR count). The van der Waals surface area contributed by atoms with Gasteiger partial charge in [-0.3, -0.25) is 9.10 Å². The molecule has 7 nitrogen and oxygen atoms in total. The summed E-state index contributed by atoms with van der Waals surface area (Å²) >= 11 is 6.00. The average molecular weight is 441 g/mol. The van der Waals surface area contributed by atoms with Gasteiger partial charge in [0.05, 0.1) is 25.6 Å². The van der Waals surface area contributed by atoms with E-state index in [1.54, 1.807) is 56.5 Å². The van der Waals surface area contributed by atoms with E-state index in [1.165, 1.54) is 6.07 Å². The average Bonchev–Trinajstić information content (AvgIpc) is 2.68. The number of hydrogen-bond donors (Lipinski definition) is 1. The smallest absolute Gasteiger partial charge is 0.244 e. The lowest BCUT2D eigenvalue weighted by molar-refractivity contribution is -0.122. The van der Waals surface area contributed by atoms with Crippen molar-refractivity contribution in [2.45, 2.75) is 19.4 Å². The van der Waals surface area contributed by atoms with Crippen molar-refractivity contribution >= 4 is 33.2 Å². The minimum atomic E-state index is -3.70. The van der Waals surface area contributed by atoms with Crippen LogP contribution in [0.2, 0.25) is 5.02 Å². The van der Waals surface area contributed by atoms with Gasteiger partial charge in [0.1, 0.15) is 24.1 Å². The zero-order valence-corrected chi connectivity index (χ0v) is 18.2. The fourth-order valence-corrected chi connectivity index (χ4v) is 4.21. The number of carbonyl (C=O) groups is 1. The van der Waals surface area contributed by atoms with Gasteiger partial charge in [0, 0.05) is 11.1 Å². The van der Waals surface area contributed by atoms with E-state index >= 15 is 0 Å². The Balaban J connectivity index is 2.03. The van der Waals surface area contributed by atoms with Crippen molar-refractivity contribution in [2.24, 2.45) is 0 Å². The molecule has 9 heteroatoms. The molecule has 0 unspecified atom stereocenters. The van der Waals surface area contributed by atoms with Crippen LogP contribution < -0.4 is 19.1 Å². The maximum atomic E-state index is 12.7. The van der Waals surface area contributed by atoms with Gasteiger partial charge in [-0.05, 0) is 36.8 Å². The largest absolute Gasteiger partial charge is 0.497 e. The van der Waals surface area contributed by atoms with Crippen molar-refractivity contribution in [3.8, 4) is 11.5 Å². The number of halogens is 1. The van der Waals surface area contributed by atoms with Crippen LogP contribution in [0.1, 0.15) is 13.3 Å². The highest BCUT2D eigenvalue weighted by Gasteiger charge is 2.31. The van der Waals surface area contributed by atoms with E-state index in [9.17, 15) is 13.2 Å². The molecular formula is C20H25ClN2O5S. The number of nitrogens with zero attached hydrogens (tertiary/aromatic N) is 1. The van der Waals surface area contributed by atoms with Crippen LogP contribution in [0.5, 0.6) is 11.5 Å². The lowest BCUT2D eigenvalue weighted by Crippen LogP contribution is -2.50. The molecular weight excluding hydrogens is 416 g/mol. The maximum Gasteiger partial charge on any atom is 0.244 e. The number of methoxy groups -OCH3 is 1. The second kappa shape index (κ2) is 10.4. The van der Waals surface area contributed by atoms with Crippen molar-refractivity contribution in [3.63, 3.8) is 0 Å². The summed E-state index contributed by atoms with van der Waals surface area (Å²) in [4.78, 5) is 12.7. The number of benzene rings is 2. The van der Waals surface area contributed by atoms with Gasteiger partial charge in [0.25, 0.3) is 0 Å². The Kier molecular flexibility index (Phi) is 8.16. The van der Waals surface area contributed by atoms with Gasteiger partial charge < -0.3 is 14.8 Å². The topological polar surface area (TPSA) is 84.9 Å². The van der Waals surface area contributed by atoms with Crippen LogP contribution in [0.25, 0.3) is 0 Å². The molecule has 0 aliphatic heterocycles. The van der Waals surface area contributed by atoms with Crippen LogP contribution in [0.15, 0.2) is 48.5 Å². The van der Waals surface area contributed by atoms with Crippen molar-refractivity contribution < 1.29 is 22.7 Å². The van der Waals surface area contributed by atoms with Crippen LogP contribution in [0, 0.1) is 0 Å². The monoisotopic (exact) mass is 440 g/mol. The number of amides is 1. The maximum absolute atomic E-state index is 12.7. The molecule has 1 atom stereocenters. The molecule has 0 radical (unpaired) electrons. The van der Waals surface area contributed by atoms with Gasteiger partial charge in [0.15, 0.2) is 0 Å². The molecule has 0 heterocycles. The van der Waals surface area contributed by atoms with Gasteiger partial charge in [-0.25, -0.2) is 8.42 Å². The van der Waals surface area contributed by atoms with E-state index in [4.69, 9.17) is 21.1 Å². The number of hydrogen-bond acceptors (Lipinski definition) is 5. The molecule has 29 heavy (non-hydrogen) atoms. The van der Waals surface area contributed by atoms with Crippen LogP contribution in [0.3, 0.4) is 0 Å². The number of rotatable bonds is 10. The van der Waals surface area contributed by atoms with E-state index in [1.807, 2.05) is 0 Å².